The molecule has 32 heavy (non-hydrogen) atoms. The average molecular weight is 435 g/mol. The number of aromatic nitrogens is 1. The largest absolute Gasteiger partial charge is 0.354 e. The summed E-state index contributed by atoms with van der Waals surface area (Å²) >= 11 is 0. The van der Waals surface area contributed by atoms with Gasteiger partial charge in [0.2, 0.25) is 5.69 Å². The molecule has 3 aromatic rings. The van der Waals surface area contributed by atoms with E-state index in [0.29, 0.717) is 32.0 Å². The van der Waals surface area contributed by atoms with Gasteiger partial charge in [-0.05, 0) is 41.5 Å². The summed E-state index contributed by atoms with van der Waals surface area (Å²) in [5, 5.41) is 20.2. The number of nitriles is 1. The van der Waals surface area contributed by atoms with E-state index in [0.717, 1.165) is 11.1 Å². The van der Waals surface area contributed by atoms with E-state index in [2.05, 4.69) is 9.88 Å². The van der Waals surface area contributed by atoms with Crippen LogP contribution in [0, 0.1) is 33.1 Å². The van der Waals surface area contributed by atoms with Crippen LogP contribution in [0.2, 0.25) is 0 Å². The van der Waals surface area contributed by atoms with Gasteiger partial charge in [0.1, 0.15) is 23.5 Å². The second kappa shape index (κ2) is 9.08. The summed E-state index contributed by atoms with van der Waals surface area (Å²) < 4.78 is 27.0. The molecule has 0 unspecified atom stereocenters. The third-order valence-electron chi connectivity index (χ3n) is 5.54. The van der Waals surface area contributed by atoms with Crippen molar-refractivity contribution in [1.29, 1.82) is 5.26 Å². The van der Waals surface area contributed by atoms with Crippen LogP contribution >= 0.6 is 0 Å². The first kappa shape index (κ1) is 21.3. The summed E-state index contributed by atoms with van der Waals surface area (Å²) in [4.78, 5) is 18.8. The molecular weight excluding hydrogens is 416 g/mol. The highest BCUT2D eigenvalue weighted by atomic mass is 19.1. The fourth-order valence-corrected chi connectivity index (χ4v) is 3.96. The van der Waals surface area contributed by atoms with Crippen molar-refractivity contribution in [1.82, 2.24) is 9.88 Å². The Labute approximate surface area is 183 Å². The van der Waals surface area contributed by atoms with Crippen molar-refractivity contribution in [2.45, 2.75) is 6.04 Å². The van der Waals surface area contributed by atoms with Crippen molar-refractivity contribution in [2.75, 3.05) is 31.1 Å². The van der Waals surface area contributed by atoms with E-state index in [-0.39, 0.29) is 29.1 Å². The fraction of sp³-hybridized carbons (Fsp3) is 0.217. The number of piperazine rings is 1. The van der Waals surface area contributed by atoms with Crippen LogP contribution < -0.4 is 4.90 Å². The molecule has 162 valence electrons. The number of hydrogen-bond donors (Lipinski definition) is 0. The lowest BCUT2D eigenvalue weighted by molar-refractivity contribution is -0.385. The quantitative estimate of drug-likeness (QED) is 0.444. The van der Waals surface area contributed by atoms with Gasteiger partial charge in [-0.1, -0.05) is 24.3 Å². The number of halogens is 2. The molecule has 1 fully saturated rings. The molecule has 0 N–H and O–H groups in total. The minimum atomic E-state index is -0.622. The topological polar surface area (TPSA) is 86.3 Å². The van der Waals surface area contributed by atoms with Crippen molar-refractivity contribution in [3.05, 3.63) is 99.2 Å². The van der Waals surface area contributed by atoms with Crippen molar-refractivity contribution >= 4 is 11.5 Å². The number of hydrogen-bond acceptors (Lipinski definition) is 6. The summed E-state index contributed by atoms with van der Waals surface area (Å²) in [6, 6.07) is 17.0. The molecule has 0 amide bonds. The first-order valence-corrected chi connectivity index (χ1v) is 10.0. The standard InChI is InChI=1S/C23H19F2N5O2/c24-18-5-1-16(2-6-18)23(17-3-7-19(25)8-4-17)29-13-11-28(12-14-29)22-10-9-21(30(31)32)20(15-26)27-22/h1-10,23H,11-14H2. The Kier molecular flexibility index (Phi) is 6.05. The SMILES string of the molecule is N#Cc1nc(N2CCN(C(c3ccc(F)cc3)c3ccc(F)cc3)CC2)ccc1[N+](=O)[O-]. The summed E-state index contributed by atoms with van der Waals surface area (Å²) in [7, 11) is 0. The molecule has 0 atom stereocenters. The Bertz CT molecular complexity index is 1110. The predicted molar refractivity (Wildman–Crippen MR) is 114 cm³/mol. The molecule has 0 aliphatic carbocycles. The van der Waals surface area contributed by atoms with E-state index in [1.54, 1.807) is 36.4 Å². The molecule has 0 bridgehead atoms. The van der Waals surface area contributed by atoms with E-state index in [9.17, 15) is 24.2 Å². The number of benzene rings is 2. The molecule has 4 rings (SSSR count). The lowest BCUT2D eigenvalue weighted by Crippen LogP contribution is -2.48. The highest BCUT2D eigenvalue weighted by Gasteiger charge is 2.28. The summed E-state index contributed by atoms with van der Waals surface area (Å²) in [5.74, 6) is -0.144. The first-order valence-electron chi connectivity index (χ1n) is 10.0. The smallest absolute Gasteiger partial charge is 0.305 e. The van der Waals surface area contributed by atoms with Crippen molar-refractivity contribution in [2.24, 2.45) is 0 Å². The molecule has 1 aromatic heterocycles. The maximum absolute atomic E-state index is 13.5. The number of nitrogens with zero attached hydrogens (tertiary/aromatic N) is 5. The monoisotopic (exact) mass is 435 g/mol. The Morgan fingerprint density at radius 3 is 1.91 bits per heavy atom. The van der Waals surface area contributed by atoms with Gasteiger partial charge in [0.15, 0.2) is 0 Å². The zero-order valence-electron chi connectivity index (χ0n) is 17.0. The highest BCUT2D eigenvalue weighted by molar-refractivity contribution is 5.52. The normalized spacial score (nSPS) is 14.4. The Hall–Kier alpha value is -3.90. The minimum absolute atomic E-state index is 0.183. The van der Waals surface area contributed by atoms with Crippen molar-refractivity contribution in [3.8, 4) is 6.07 Å². The van der Waals surface area contributed by atoms with Gasteiger partial charge in [0.05, 0.1) is 11.0 Å². The average Bonchev–Trinajstić information content (AvgIpc) is 2.81. The molecule has 1 aliphatic rings. The number of anilines is 1. The number of nitro groups is 1. The van der Waals surface area contributed by atoms with Gasteiger partial charge < -0.3 is 4.90 Å². The lowest BCUT2D eigenvalue weighted by atomic mass is 9.96. The molecule has 0 saturated carbocycles. The summed E-state index contributed by atoms with van der Waals surface area (Å²) in [5.41, 5.74) is 1.26. The van der Waals surface area contributed by atoms with Crippen LogP contribution in [-0.4, -0.2) is 41.0 Å². The van der Waals surface area contributed by atoms with E-state index in [1.165, 1.54) is 30.3 Å². The van der Waals surface area contributed by atoms with Crippen LogP contribution in [0.3, 0.4) is 0 Å². The van der Waals surface area contributed by atoms with Gasteiger partial charge in [-0.25, -0.2) is 13.8 Å². The predicted octanol–water partition coefficient (Wildman–Crippen LogP) is 4.05. The van der Waals surface area contributed by atoms with Gasteiger partial charge in [-0.3, -0.25) is 15.0 Å². The van der Waals surface area contributed by atoms with Gasteiger partial charge in [0, 0.05) is 32.2 Å². The number of pyridine rings is 1. The molecule has 7 nitrogen and oxygen atoms in total. The Balaban J connectivity index is 1.56. The molecule has 1 aliphatic heterocycles. The maximum Gasteiger partial charge on any atom is 0.305 e. The van der Waals surface area contributed by atoms with Gasteiger partial charge in [-0.15, -0.1) is 0 Å². The van der Waals surface area contributed by atoms with Gasteiger partial charge >= 0.3 is 5.69 Å². The van der Waals surface area contributed by atoms with Crippen LogP contribution in [0.25, 0.3) is 0 Å². The Morgan fingerprint density at radius 1 is 0.906 bits per heavy atom. The third-order valence-corrected chi connectivity index (χ3v) is 5.54. The molecule has 2 aromatic carbocycles. The molecule has 2 heterocycles. The van der Waals surface area contributed by atoms with Gasteiger partial charge in [-0.2, -0.15) is 5.26 Å². The van der Waals surface area contributed by atoms with Crippen LogP contribution in [0.15, 0.2) is 60.7 Å². The van der Waals surface area contributed by atoms with Crippen LogP contribution in [0.4, 0.5) is 20.3 Å². The zero-order valence-corrected chi connectivity index (χ0v) is 17.0. The molecule has 9 heteroatoms. The molecule has 0 spiro atoms. The molecular formula is C23H19F2N5O2. The second-order valence-corrected chi connectivity index (χ2v) is 7.43. The number of rotatable bonds is 5. The van der Waals surface area contributed by atoms with Crippen LogP contribution in [0.5, 0.6) is 0 Å². The van der Waals surface area contributed by atoms with Gasteiger partial charge in [0.25, 0.3) is 0 Å². The first-order chi connectivity index (χ1) is 15.5. The molecule has 0 radical (unpaired) electrons. The van der Waals surface area contributed by atoms with E-state index in [1.807, 2.05) is 4.90 Å². The van der Waals surface area contributed by atoms with Crippen molar-refractivity contribution in [3.63, 3.8) is 0 Å². The molecule has 1 saturated heterocycles. The third kappa shape index (κ3) is 4.40. The highest BCUT2D eigenvalue weighted by Crippen LogP contribution is 2.31. The lowest BCUT2D eigenvalue weighted by Gasteiger charge is -2.40. The summed E-state index contributed by atoms with van der Waals surface area (Å²) in [6.45, 7) is 2.41. The van der Waals surface area contributed by atoms with Crippen molar-refractivity contribution < 1.29 is 13.7 Å². The van der Waals surface area contributed by atoms with Crippen LogP contribution in [-0.2, 0) is 0 Å². The van der Waals surface area contributed by atoms with E-state index in [4.69, 9.17) is 0 Å². The van der Waals surface area contributed by atoms with E-state index >= 15 is 0 Å². The van der Waals surface area contributed by atoms with E-state index < -0.39 is 4.92 Å². The maximum atomic E-state index is 13.5. The van der Waals surface area contributed by atoms with Crippen LogP contribution in [0.1, 0.15) is 22.9 Å². The summed E-state index contributed by atoms with van der Waals surface area (Å²) in [6.07, 6.45) is 0. The zero-order chi connectivity index (χ0) is 22.7. The Morgan fingerprint density at radius 2 is 1.44 bits per heavy atom. The second-order valence-electron chi connectivity index (χ2n) is 7.43. The fourth-order valence-electron chi connectivity index (χ4n) is 3.96. The minimum Gasteiger partial charge on any atom is -0.354 e.